The van der Waals surface area contributed by atoms with Gasteiger partial charge in [-0.25, -0.2) is 4.98 Å². The number of H-pyrrole nitrogens is 1. The highest BCUT2D eigenvalue weighted by molar-refractivity contribution is 7.50. The topological polar surface area (TPSA) is 170 Å². The molecule has 0 spiro atoms. The van der Waals surface area contributed by atoms with Crippen LogP contribution in [-0.2, 0) is 4.57 Å². The van der Waals surface area contributed by atoms with Gasteiger partial charge >= 0.3 is 0 Å². The first-order valence-corrected chi connectivity index (χ1v) is 8.41. The Kier molecular flexibility index (Phi) is 3.37. The molecule has 2 aromatic heterocycles. The van der Waals surface area contributed by atoms with Gasteiger partial charge in [-0.05, 0) is 19.3 Å². The van der Waals surface area contributed by atoms with E-state index < -0.39 is 24.9 Å². The number of hydrogen-bond donors (Lipinski definition) is 4. The Morgan fingerprint density at radius 2 is 2.36 bits per heavy atom. The fraction of sp³-hybridized carbons (Fsp3) is 0.545. The maximum atomic E-state index is 11.7. The molecular formula is C11H15N5O5P-. The van der Waals surface area contributed by atoms with E-state index in [4.69, 9.17) is 10.6 Å². The van der Waals surface area contributed by atoms with Gasteiger partial charge in [0.1, 0.15) is 7.60 Å². The minimum Gasteiger partial charge on any atom is -0.779 e. The fourth-order valence-corrected chi connectivity index (χ4v) is 4.07. The van der Waals surface area contributed by atoms with Crippen LogP contribution in [0.25, 0.3) is 11.2 Å². The number of aliphatic hydroxyl groups is 1. The van der Waals surface area contributed by atoms with Gasteiger partial charge in [-0.3, -0.25) is 9.78 Å². The van der Waals surface area contributed by atoms with Crippen molar-refractivity contribution in [3.8, 4) is 0 Å². The van der Waals surface area contributed by atoms with Crippen molar-refractivity contribution in [1.29, 1.82) is 0 Å². The van der Waals surface area contributed by atoms with Crippen molar-refractivity contribution in [3.63, 3.8) is 0 Å². The second-order valence-corrected chi connectivity index (χ2v) is 7.28. The van der Waals surface area contributed by atoms with Gasteiger partial charge in [0.05, 0.1) is 11.9 Å². The summed E-state index contributed by atoms with van der Waals surface area (Å²) in [5.41, 5.74) is 3.96. The van der Waals surface area contributed by atoms with Crippen LogP contribution in [0.15, 0.2) is 11.1 Å². The van der Waals surface area contributed by atoms with Gasteiger partial charge in [0.15, 0.2) is 11.2 Å². The molecule has 1 fully saturated rings. The third-order valence-electron chi connectivity index (χ3n) is 3.90. The number of nitrogen functional groups attached to an aromatic ring is 1. The van der Waals surface area contributed by atoms with Crippen molar-refractivity contribution in [2.24, 2.45) is 0 Å². The number of imidazole rings is 1. The first-order chi connectivity index (χ1) is 10.2. The second-order valence-electron chi connectivity index (χ2n) is 5.69. The Morgan fingerprint density at radius 3 is 3.05 bits per heavy atom. The van der Waals surface area contributed by atoms with Crippen molar-refractivity contribution in [1.82, 2.24) is 19.5 Å². The van der Waals surface area contributed by atoms with Crippen molar-refractivity contribution in [2.75, 3.05) is 11.9 Å². The molecule has 0 aliphatic heterocycles. The van der Waals surface area contributed by atoms with E-state index in [0.717, 1.165) is 0 Å². The molecule has 0 saturated heterocycles. The summed E-state index contributed by atoms with van der Waals surface area (Å²) >= 11 is 0. The Morgan fingerprint density at radius 1 is 1.64 bits per heavy atom. The van der Waals surface area contributed by atoms with E-state index >= 15 is 0 Å². The average Bonchev–Trinajstić information content (AvgIpc) is 2.90. The molecule has 1 aliphatic carbocycles. The highest BCUT2D eigenvalue weighted by atomic mass is 31.2. The minimum atomic E-state index is -4.56. The normalized spacial score (nSPS) is 28.0. The van der Waals surface area contributed by atoms with Gasteiger partial charge in [0, 0.05) is 12.2 Å². The molecule has 0 amide bonds. The lowest BCUT2D eigenvalue weighted by molar-refractivity contribution is -0.196. The first kappa shape index (κ1) is 15.2. The molecule has 10 nitrogen and oxygen atoms in total. The molecule has 2 heterocycles. The quantitative estimate of drug-likeness (QED) is 0.504. The molecule has 5 N–H and O–H groups in total. The molecule has 0 radical (unpaired) electrons. The minimum absolute atomic E-state index is 0.0491. The average molecular weight is 328 g/mol. The summed E-state index contributed by atoms with van der Waals surface area (Å²) in [4.78, 5) is 42.1. The van der Waals surface area contributed by atoms with Crippen LogP contribution < -0.4 is 16.2 Å². The number of anilines is 1. The number of aromatic amines is 1. The van der Waals surface area contributed by atoms with Crippen LogP contribution >= 0.6 is 7.60 Å². The van der Waals surface area contributed by atoms with Crippen LogP contribution in [0.3, 0.4) is 0 Å². The van der Waals surface area contributed by atoms with Gasteiger partial charge in [-0.15, -0.1) is 0 Å². The van der Waals surface area contributed by atoms with E-state index in [2.05, 4.69) is 15.0 Å². The maximum absolute atomic E-state index is 11.7. The van der Waals surface area contributed by atoms with Crippen molar-refractivity contribution in [2.45, 2.75) is 30.9 Å². The first-order valence-electron chi connectivity index (χ1n) is 6.64. The van der Waals surface area contributed by atoms with Crippen LogP contribution in [-0.4, -0.2) is 41.3 Å². The molecule has 0 aromatic carbocycles. The lowest BCUT2D eigenvalue weighted by Crippen LogP contribution is -2.32. The predicted octanol–water partition coefficient (Wildman–Crippen LogP) is -1.30. The second kappa shape index (κ2) is 4.88. The number of fused-ring (bicyclic) bond motifs is 1. The van der Waals surface area contributed by atoms with Gasteiger partial charge < -0.3 is 29.8 Å². The van der Waals surface area contributed by atoms with Crippen molar-refractivity contribution in [3.05, 3.63) is 16.7 Å². The number of aromatic nitrogens is 4. The summed E-state index contributed by atoms with van der Waals surface area (Å²) in [7, 11) is -4.56. The number of nitrogens with two attached hydrogens (primary N) is 1. The fourth-order valence-electron chi connectivity index (χ4n) is 3.04. The smallest absolute Gasteiger partial charge is 0.280 e. The van der Waals surface area contributed by atoms with E-state index in [9.17, 15) is 19.4 Å². The third-order valence-corrected chi connectivity index (χ3v) is 4.88. The van der Waals surface area contributed by atoms with Crippen LogP contribution in [0.5, 0.6) is 0 Å². The lowest BCUT2D eigenvalue weighted by Gasteiger charge is -2.28. The number of hydrogen-bond acceptors (Lipinski definition) is 7. The summed E-state index contributed by atoms with van der Waals surface area (Å²) in [6.45, 7) is 0. The standard InChI is InChI=1S/C11H16N5O5P/c12-10-14-8-7(9(17)15-10)13-5-16(8)6-1-2-11(18,3-6)4-22(19,20)21/h5-6,18H,1-4H2,(H2,19,20,21)(H3,12,14,15,17)/p-1/t6-,11-/m0/s1. The SMILES string of the molecule is Nc1nc2c(ncn2[C@H]2CC[C@@](O)(CP(=O)([O-])O)C2)c(=O)[nH]1. The summed E-state index contributed by atoms with van der Waals surface area (Å²) in [5, 5.41) is 10.3. The monoisotopic (exact) mass is 328 g/mol. The van der Waals surface area contributed by atoms with Crippen molar-refractivity contribution >= 4 is 24.7 Å². The zero-order valence-corrected chi connectivity index (χ0v) is 12.4. The Hall–Kier alpha value is -1.74. The Labute approximate surface area is 124 Å². The zero-order valence-electron chi connectivity index (χ0n) is 11.5. The van der Waals surface area contributed by atoms with E-state index in [1.54, 1.807) is 4.57 Å². The van der Waals surface area contributed by atoms with E-state index in [1.807, 2.05) is 0 Å². The Balaban J connectivity index is 1.94. The lowest BCUT2D eigenvalue weighted by atomic mass is 10.1. The highest BCUT2D eigenvalue weighted by Crippen LogP contribution is 2.45. The molecule has 11 heteroatoms. The van der Waals surface area contributed by atoms with Gasteiger partial charge in [0.25, 0.3) is 5.56 Å². The highest BCUT2D eigenvalue weighted by Gasteiger charge is 2.40. The summed E-state index contributed by atoms with van der Waals surface area (Å²) in [6, 6.07) is -0.282. The summed E-state index contributed by atoms with van der Waals surface area (Å²) in [6.07, 6.45) is 1.51. The molecular weight excluding hydrogens is 313 g/mol. The summed E-state index contributed by atoms with van der Waals surface area (Å²) in [5.74, 6) is -0.0491. The van der Waals surface area contributed by atoms with Gasteiger partial charge in [0.2, 0.25) is 5.95 Å². The molecule has 1 aliphatic rings. The molecule has 2 aromatic rings. The van der Waals surface area contributed by atoms with Gasteiger partial charge in [-0.1, -0.05) is 0 Å². The van der Waals surface area contributed by atoms with Crippen LogP contribution in [0.1, 0.15) is 25.3 Å². The van der Waals surface area contributed by atoms with Crippen molar-refractivity contribution < 1.29 is 19.5 Å². The number of rotatable bonds is 3. The van der Waals surface area contributed by atoms with E-state index in [0.29, 0.717) is 6.42 Å². The maximum Gasteiger partial charge on any atom is 0.280 e. The number of nitrogens with one attached hydrogen (secondary N) is 1. The molecule has 3 rings (SSSR count). The third kappa shape index (κ3) is 2.78. The van der Waals surface area contributed by atoms with E-state index in [-0.39, 0.29) is 36.0 Å². The molecule has 22 heavy (non-hydrogen) atoms. The zero-order chi connectivity index (χ0) is 16.1. The van der Waals surface area contributed by atoms with Crippen LogP contribution in [0.4, 0.5) is 5.95 Å². The number of nitrogens with zero attached hydrogens (tertiary/aromatic N) is 3. The molecule has 1 saturated carbocycles. The predicted molar refractivity (Wildman–Crippen MR) is 75.1 cm³/mol. The molecule has 0 bridgehead atoms. The van der Waals surface area contributed by atoms with Gasteiger partial charge in [-0.2, -0.15) is 4.98 Å². The Bertz CT molecular complexity index is 826. The summed E-state index contributed by atoms with van der Waals surface area (Å²) < 4.78 is 12.6. The van der Waals surface area contributed by atoms with E-state index in [1.165, 1.54) is 6.33 Å². The molecule has 120 valence electrons. The van der Waals surface area contributed by atoms with Crippen LogP contribution in [0.2, 0.25) is 0 Å². The van der Waals surface area contributed by atoms with Crippen LogP contribution in [0, 0.1) is 0 Å². The molecule has 3 atom stereocenters. The largest absolute Gasteiger partial charge is 0.779 e. The molecule has 1 unspecified atom stereocenters.